The third-order valence-electron chi connectivity index (χ3n) is 6.83. The zero-order valence-electron chi connectivity index (χ0n) is 20.1. The van der Waals surface area contributed by atoms with E-state index in [1.165, 1.54) is 11.1 Å². The van der Waals surface area contributed by atoms with Gasteiger partial charge in [-0.2, -0.15) is 0 Å². The van der Waals surface area contributed by atoms with E-state index in [-0.39, 0.29) is 17.8 Å². The zero-order chi connectivity index (χ0) is 24.9. The van der Waals surface area contributed by atoms with E-state index in [2.05, 4.69) is 60.2 Å². The molecule has 2 atom stereocenters. The largest absolute Gasteiger partial charge is 0.506 e. The Balaban J connectivity index is 1.71. The Morgan fingerprint density at radius 3 is 2.49 bits per heavy atom. The summed E-state index contributed by atoms with van der Waals surface area (Å²) in [5, 5.41) is 15.4. The first-order valence-electron chi connectivity index (χ1n) is 11.5. The number of aromatic nitrogens is 2. The van der Waals surface area contributed by atoms with Crippen molar-refractivity contribution in [3.63, 3.8) is 0 Å². The molecular weight excluding hydrogens is 476 g/mol. The average Bonchev–Trinajstić information content (AvgIpc) is 3.33. The molecule has 0 spiro atoms. The van der Waals surface area contributed by atoms with Crippen LogP contribution < -0.4 is 10.2 Å². The van der Waals surface area contributed by atoms with Crippen LogP contribution in [0.25, 0.3) is 5.69 Å². The van der Waals surface area contributed by atoms with E-state index in [1.807, 2.05) is 35.9 Å². The van der Waals surface area contributed by atoms with E-state index in [4.69, 9.17) is 23.8 Å². The van der Waals surface area contributed by atoms with Crippen molar-refractivity contribution in [1.82, 2.24) is 14.9 Å². The Bertz CT molecular complexity index is 1430. The van der Waals surface area contributed by atoms with Gasteiger partial charge in [0.2, 0.25) is 0 Å². The lowest BCUT2D eigenvalue weighted by Crippen LogP contribution is -2.29. The fraction of sp³-hybridized carbons (Fsp3) is 0.214. The maximum absolute atomic E-state index is 10.6. The van der Waals surface area contributed by atoms with Crippen LogP contribution in [-0.4, -0.2) is 19.8 Å². The van der Waals surface area contributed by atoms with Gasteiger partial charge in [-0.1, -0.05) is 23.7 Å². The molecule has 5 rings (SSSR count). The van der Waals surface area contributed by atoms with Gasteiger partial charge in [0.1, 0.15) is 5.75 Å². The predicted octanol–water partition coefficient (Wildman–Crippen LogP) is 6.64. The van der Waals surface area contributed by atoms with Crippen LogP contribution in [0.5, 0.6) is 5.75 Å². The molecule has 35 heavy (non-hydrogen) atoms. The number of nitrogens with one attached hydrogen (secondary N) is 1. The number of benzene rings is 2. The van der Waals surface area contributed by atoms with Crippen molar-refractivity contribution in [2.45, 2.75) is 39.8 Å². The molecule has 1 aliphatic rings. The number of aromatic hydroxyl groups is 1. The SMILES string of the molecule is Cc1ccc(N2C(=S)N[C@@H](c3ccccn3)[C@@H]2c2cc(C)n(-c3cc(Cl)ccc3O)c2C)cc1C. The number of anilines is 1. The summed E-state index contributed by atoms with van der Waals surface area (Å²) in [6, 6.07) is 19.4. The predicted molar refractivity (Wildman–Crippen MR) is 146 cm³/mol. The molecule has 1 aliphatic heterocycles. The number of aryl methyl sites for hydroxylation is 3. The highest BCUT2D eigenvalue weighted by Crippen LogP contribution is 2.44. The van der Waals surface area contributed by atoms with E-state index in [1.54, 1.807) is 18.2 Å². The van der Waals surface area contributed by atoms with Gasteiger partial charge in [0.05, 0.1) is 23.5 Å². The Labute approximate surface area is 216 Å². The zero-order valence-corrected chi connectivity index (χ0v) is 21.7. The van der Waals surface area contributed by atoms with Crippen molar-refractivity contribution in [3.05, 3.63) is 106 Å². The summed E-state index contributed by atoms with van der Waals surface area (Å²) < 4.78 is 2.05. The summed E-state index contributed by atoms with van der Waals surface area (Å²) in [6.07, 6.45) is 1.81. The van der Waals surface area contributed by atoms with E-state index in [0.717, 1.165) is 28.3 Å². The Morgan fingerprint density at radius 2 is 1.77 bits per heavy atom. The van der Waals surface area contributed by atoms with Gasteiger partial charge in [-0.05, 0) is 105 Å². The second kappa shape index (κ2) is 9.02. The minimum atomic E-state index is -0.146. The van der Waals surface area contributed by atoms with E-state index < -0.39 is 0 Å². The van der Waals surface area contributed by atoms with Crippen LogP contribution in [0.3, 0.4) is 0 Å². The van der Waals surface area contributed by atoms with Crippen LogP contribution in [0.4, 0.5) is 5.69 Å². The molecule has 2 aromatic carbocycles. The Morgan fingerprint density at radius 1 is 0.971 bits per heavy atom. The summed E-state index contributed by atoms with van der Waals surface area (Å²) in [7, 11) is 0. The lowest BCUT2D eigenvalue weighted by atomic mass is 9.96. The van der Waals surface area contributed by atoms with E-state index in [0.29, 0.717) is 15.8 Å². The summed E-state index contributed by atoms with van der Waals surface area (Å²) in [4.78, 5) is 6.85. The quantitative estimate of drug-likeness (QED) is 0.306. The number of phenols is 1. The van der Waals surface area contributed by atoms with Gasteiger partial charge in [0.25, 0.3) is 0 Å². The van der Waals surface area contributed by atoms with Gasteiger partial charge in [-0.25, -0.2) is 0 Å². The molecule has 0 radical (unpaired) electrons. The van der Waals surface area contributed by atoms with Crippen LogP contribution >= 0.6 is 23.8 Å². The molecule has 7 heteroatoms. The topological polar surface area (TPSA) is 53.3 Å². The second-order valence-electron chi connectivity index (χ2n) is 9.06. The number of pyridine rings is 1. The molecule has 1 fully saturated rings. The average molecular weight is 503 g/mol. The third-order valence-corrected chi connectivity index (χ3v) is 7.38. The van der Waals surface area contributed by atoms with E-state index in [9.17, 15) is 5.11 Å². The maximum atomic E-state index is 10.6. The van der Waals surface area contributed by atoms with Crippen molar-refractivity contribution >= 4 is 34.6 Å². The smallest absolute Gasteiger partial charge is 0.174 e. The highest BCUT2D eigenvalue weighted by atomic mass is 35.5. The minimum Gasteiger partial charge on any atom is -0.506 e. The number of hydrogen-bond acceptors (Lipinski definition) is 3. The lowest BCUT2D eigenvalue weighted by Gasteiger charge is -2.28. The van der Waals surface area contributed by atoms with Crippen molar-refractivity contribution in [3.8, 4) is 11.4 Å². The minimum absolute atomic E-state index is 0.138. The maximum Gasteiger partial charge on any atom is 0.174 e. The van der Waals surface area contributed by atoms with E-state index >= 15 is 0 Å². The Hall–Kier alpha value is -3.35. The molecule has 5 nitrogen and oxygen atoms in total. The fourth-order valence-electron chi connectivity index (χ4n) is 4.96. The first-order valence-corrected chi connectivity index (χ1v) is 12.3. The van der Waals surface area contributed by atoms with Gasteiger partial charge in [-0.15, -0.1) is 0 Å². The summed E-state index contributed by atoms with van der Waals surface area (Å²) in [6.45, 7) is 8.33. The highest BCUT2D eigenvalue weighted by Gasteiger charge is 2.42. The second-order valence-corrected chi connectivity index (χ2v) is 9.88. The molecule has 0 unspecified atom stereocenters. The first kappa shape index (κ1) is 23.4. The van der Waals surface area contributed by atoms with Gasteiger partial charge < -0.3 is 19.9 Å². The van der Waals surface area contributed by atoms with Crippen molar-refractivity contribution in [2.24, 2.45) is 0 Å². The van der Waals surface area contributed by atoms with Crippen LogP contribution in [0, 0.1) is 27.7 Å². The highest BCUT2D eigenvalue weighted by molar-refractivity contribution is 7.80. The molecule has 0 bridgehead atoms. The van der Waals surface area contributed by atoms with Gasteiger partial charge >= 0.3 is 0 Å². The van der Waals surface area contributed by atoms with Crippen LogP contribution in [0.15, 0.2) is 66.9 Å². The third kappa shape index (κ3) is 4.07. The molecule has 2 aromatic heterocycles. The number of hydrogen-bond donors (Lipinski definition) is 2. The van der Waals surface area contributed by atoms with Crippen molar-refractivity contribution < 1.29 is 5.11 Å². The molecule has 0 saturated carbocycles. The van der Waals surface area contributed by atoms with Crippen molar-refractivity contribution in [2.75, 3.05) is 4.90 Å². The van der Waals surface area contributed by atoms with Gasteiger partial charge in [-0.3, -0.25) is 4.98 Å². The molecule has 3 heterocycles. The number of phenolic OH excluding ortho intramolecular Hbond substituents is 1. The molecule has 2 N–H and O–H groups in total. The monoisotopic (exact) mass is 502 g/mol. The summed E-state index contributed by atoms with van der Waals surface area (Å²) in [5.74, 6) is 0.176. The summed E-state index contributed by atoms with van der Waals surface area (Å²) >= 11 is 12.2. The van der Waals surface area contributed by atoms with Crippen molar-refractivity contribution in [1.29, 1.82) is 0 Å². The molecule has 1 saturated heterocycles. The number of rotatable bonds is 4. The van der Waals surface area contributed by atoms with Crippen LogP contribution in [-0.2, 0) is 0 Å². The van der Waals surface area contributed by atoms with Gasteiger partial charge in [0, 0.05) is 28.3 Å². The fourth-order valence-corrected chi connectivity index (χ4v) is 5.47. The normalized spacial score (nSPS) is 17.6. The van der Waals surface area contributed by atoms with Crippen LogP contribution in [0.2, 0.25) is 5.02 Å². The number of thiocarbonyl (C=S) groups is 1. The number of halogens is 1. The molecule has 0 amide bonds. The molecular formula is C28H27ClN4OS. The van der Waals surface area contributed by atoms with Gasteiger partial charge in [0.15, 0.2) is 5.11 Å². The summed E-state index contributed by atoms with van der Waals surface area (Å²) in [5.41, 5.74) is 8.14. The Kier molecular flexibility index (Phi) is 6.03. The number of nitrogens with zero attached hydrogens (tertiary/aromatic N) is 3. The lowest BCUT2D eigenvalue weighted by molar-refractivity contribution is 0.471. The van der Waals surface area contributed by atoms with Crippen LogP contribution in [0.1, 0.15) is 45.9 Å². The molecule has 0 aliphatic carbocycles. The molecule has 4 aromatic rings. The standard InChI is InChI=1S/C28H27ClN4OS/c1-16-8-10-21(13-17(16)2)33-27(26(31-28(33)35)23-7-5-6-12-30-23)22-14-18(3)32(19(22)4)24-15-20(29)9-11-25(24)34/h5-15,26-27,34H,1-4H3,(H,31,35)/t26-,27-/m0/s1. The first-order chi connectivity index (χ1) is 16.8. The molecule has 178 valence electrons.